The lowest BCUT2D eigenvalue weighted by Crippen LogP contribution is -2.44. The molecule has 1 aliphatic rings. The first-order valence-electron chi connectivity index (χ1n) is 6.72. The molecule has 3 nitrogen and oxygen atoms in total. The molecule has 1 saturated heterocycles. The molecule has 0 aromatic heterocycles. The number of benzene rings is 1. The first-order valence-corrected chi connectivity index (χ1v) is 7.10. The summed E-state index contributed by atoms with van der Waals surface area (Å²) < 4.78 is 5.41. The van der Waals surface area contributed by atoms with Crippen LogP contribution in [0.2, 0.25) is 5.02 Å². The Bertz CT molecular complexity index is 442. The van der Waals surface area contributed by atoms with Gasteiger partial charge in [0, 0.05) is 30.1 Å². The van der Waals surface area contributed by atoms with Crippen LogP contribution in [0, 0.1) is 5.92 Å². The predicted octanol–water partition coefficient (Wildman–Crippen LogP) is 3.34. The fourth-order valence-electron chi connectivity index (χ4n) is 2.69. The van der Waals surface area contributed by atoms with Crippen molar-refractivity contribution in [1.29, 1.82) is 0 Å². The Morgan fingerprint density at radius 1 is 1.42 bits per heavy atom. The summed E-state index contributed by atoms with van der Waals surface area (Å²) in [5, 5.41) is 10.9. The average molecular weight is 284 g/mol. The second kappa shape index (κ2) is 5.59. The van der Waals surface area contributed by atoms with Gasteiger partial charge in [0.1, 0.15) is 5.75 Å². The van der Waals surface area contributed by atoms with Gasteiger partial charge in [0.15, 0.2) is 0 Å². The van der Waals surface area contributed by atoms with Gasteiger partial charge in [-0.3, -0.25) is 0 Å². The standard InChI is InChI=1S/C15H22ClNO2/c1-15(2,18)11-5-4-8-17(10-11)13-7-6-12(16)9-14(13)19-3/h6-7,9,11,18H,4-5,8,10H2,1-3H3. The second-order valence-corrected chi connectivity index (χ2v) is 6.19. The van der Waals surface area contributed by atoms with Gasteiger partial charge in [-0.1, -0.05) is 11.6 Å². The van der Waals surface area contributed by atoms with E-state index in [-0.39, 0.29) is 5.92 Å². The van der Waals surface area contributed by atoms with Gasteiger partial charge in [-0.2, -0.15) is 0 Å². The highest BCUT2D eigenvalue weighted by atomic mass is 35.5. The van der Waals surface area contributed by atoms with Gasteiger partial charge >= 0.3 is 0 Å². The molecule has 0 saturated carbocycles. The van der Waals surface area contributed by atoms with E-state index in [1.807, 2.05) is 32.0 Å². The molecule has 1 heterocycles. The number of ether oxygens (including phenoxy) is 1. The van der Waals surface area contributed by atoms with Crippen molar-refractivity contribution in [3.63, 3.8) is 0 Å². The summed E-state index contributed by atoms with van der Waals surface area (Å²) in [6.07, 6.45) is 2.15. The zero-order valence-corrected chi connectivity index (χ0v) is 12.6. The summed E-state index contributed by atoms with van der Waals surface area (Å²) in [4.78, 5) is 2.28. The molecule has 1 fully saturated rings. The average Bonchev–Trinajstić information content (AvgIpc) is 2.37. The molecule has 1 aliphatic heterocycles. The lowest BCUT2D eigenvalue weighted by atomic mass is 9.84. The van der Waals surface area contributed by atoms with Gasteiger partial charge in [0.2, 0.25) is 0 Å². The van der Waals surface area contributed by atoms with Crippen molar-refractivity contribution >= 4 is 17.3 Å². The molecule has 1 unspecified atom stereocenters. The first-order chi connectivity index (χ1) is 8.91. The van der Waals surface area contributed by atoms with Gasteiger partial charge in [-0.05, 0) is 38.8 Å². The van der Waals surface area contributed by atoms with Crippen LogP contribution < -0.4 is 9.64 Å². The molecule has 1 N–H and O–H groups in total. The number of hydrogen-bond donors (Lipinski definition) is 1. The molecule has 0 amide bonds. The summed E-state index contributed by atoms with van der Waals surface area (Å²) >= 11 is 6.00. The molecule has 0 spiro atoms. The van der Waals surface area contributed by atoms with Gasteiger partial charge < -0.3 is 14.7 Å². The molecular weight excluding hydrogens is 262 g/mol. The topological polar surface area (TPSA) is 32.7 Å². The van der Waals surface area contributed by atoms with Crippen LogP contribution >= 0.6 is 11.6 Å². The van der Waals surface area contributed by atoms with E-state index < -0.39 is 5.60 Å². The maximum atomic E-state index is 10.2. The molecule has 1 aromatic carbocycles. The van der Waals surface area contributed by atoms with E-state index in [0.717, 1.165) is 37.4 Å². The number of aliphatic hydroxyl groups is 1. The monoisotopic (exact) mass is 283 g/mol. The number of halogens is 1. The molecular formula is C15H22ClNO2. The summed E-state index contributed by atoms with van der Waals surface area (Å²) in [6.45, 7) is 5.62. The lowest BCUT2D eigenvalue weighted by Gasteiger charge is -2.40. The second-order valence-electron chi connectivity index (χ2n) is 5.76. The fraction of sp³-hybridized carbons (Fsp3) is 0.600. The van der Waals surface area contributed by atoms with Crippen molar-refractivity contribution in [2.45, 2.75) is 32.3 Å². The van der Waals surface area contributed by atoms with Crippen molar-refractivity contribution in [3.8, 4) is 5.75 Å². The Hall–Kier alpha value is -0.930. The van der Waals surface area contributed by atoms with Crippen LogP contribution in [0.25, 0.3) is 0 Å². The summed E-state index contributed by atoms with van der Waals surface area (Å²) in [5.74, 6) is 1.07. The van der Waals surface area contributed by atoms with Crippen molar-refractivity contribution in [2.24, 2.45) is 5.92 Å². The number of piperidine rings is 1. The molecule has 0 bridgehead atoms. The lowest BCUT2D eigenvalue weighted by molar-refractivity contribution is 0.0110. The van der Waals surface area contributed by atoms with Crippen molar-refractivity contribution < 1.29 is 9.84 Å². The third kappa shape index (κ3) is 3.34. The predicted molar refractivity (Wildman–Crippen MR) is 79.2 cm³/mol. The minimum Gasteiger partial charge on any atom is -0.495 e. The van der Waals surface area contributed by atoms with E-state index >= 15 is 0 Å². The maximum Gasteiger partial charge on any atom is 0.143 e. The highest BCUT2D eigenvalue weighted by molar-refractivity contribution is 6.30. The minimum atomic E-state index is -0.641. The third-order valence-electron chi connectivity index (χ3n) is 3.90. The van der Waals surface area contributed by atoms with E-state index in [1.165, 1.54) is 0 Å². The third-order valence-corrected chi connectivity index (χ3v) is 4.14. The number of rotatable bonds is 3. The number of hydrogen-bond acceptors (Lipinski definition) is 3. The van der Waals surface area contributed by atoms with Gasteiger partial charge in [-0.25, -0.2) is 0 Å². The Balaban J connectivity index is 2.22. The van der Waals surface area contributed by atoms with Crippen LogP contribution in [-0.4, -0.2) is 30.9 Å². The van der Waals surface area contributed by atoms with Crippen LogP contribution in [0.15, 0.2) is 18.2 Å². The first kappa shape index (κ1) is 14.5. The highest BCUT2D eigenvalue weighted by Gasteiger charge is 2.32. The number of methoxy groups -OCH3 is 1. The van der Waals surface area contributed by atoms with Crippen molar-refractivity contribution in [3.05, 3.63) is 23.2 Å². The van der Waals surface area contributed by atoms with Crippen LogP contribution in [0.1, 0.15) is 26.7 Å². The number of anilines is 1. The summed E-state index contributed by atoms with van der Waals surface area (Å²) in [6, 6.07) is 5.71. The summed E-state index contributed by atoms with van der Waals surface area (Å²) in [5.41, 5.74) is 0.416. The Kier molecular flexibility index (Phi) is 4.26. The Morgan fingerprint density at radius 2 is 2.16 bits per heavy atom. The maximum absolute atomic E-state index is 10.2. The van der Waals surface area contributed by atoms with Crippen LogP contribution in [-0.2, 0) is 0 Å². The Labute approximate surface area is 120 Å². The van der Waals surface area contributed by atoms with Crippen LogP contribution in [0.5, 0.6) is 5.75 Å². The molecule has 106 valence electrons. The molecule has 19 heavy (non-hydrogen) atoms. The van der Waals surface area contributed by atoms with Crippen molar-refractivity contribution in [2.75, 3.05) is 25.1 Å². The van der Waals surface area contributed by atoms with E-state index in [9.17, 15) is 5.11 Å². The largest absolute Gasteiger partial charge is 0.495 e. The minimum absolute atomic E-state index is 0.279. The molecule has 0 aliphatic carbocycles. The van der Waals surface area contributed by atoms with Crippen LogP contribution in [0.4, 0.5) is 5.69 Å². The fourth-order valence-corrected chi connectivity index (χ4v) is 2.85. The Morgan fingerprint density at radius 3 is 2.79 bits per heavy atom. The van der Waals surface area contributed by atoms with Gasteiger partial charge in [0.25, 0.3) is 0 Å². The van der Waals surface area contributed by atoms with E-state index in [1.54, 1.807) is 7.11 Å². The molecule has 2 rings (SSSR count). The molecule has 4 heteroatoms. The molecule has 0 radical (unpaired) electrons. The highest BCUT2D eigenvalue weighted by Crippen LogP contribution is 2.35. The van der Waals surface area contributed by atoms with Crippen LogP contribution in [0.3, 0.4) is 0 Å². The van der Waals surface area contributed by atoms with Crippen molar-refractivity contribution in [1.82, 2.24) is 0 Å². The van der Waals surface area contributed by atoms with E-state index in [2.05, 4.69) is 4.90 Å². The molecule has 1 aromatic rings. The smallest absolute Gasteiger partial charge is 0.143 e. The van der Waals surface area contributed by atoms with Gasteiger partial charge in [-0.15, -0.1) is 0 Å². The SMILES string of the molecule is COc1cc(Cl)ccc1N1CCCC(C(C)(C)O)C1. The zero-order valence-electron chi connectivity index (χ0n) is 11.8. The normalized spacial score (nSPS) is 20.5. The molecule has 1 atom stereocenters. The zero-order chi connectivity index (χ0) is 14.0. The van der Waals surface area contributed by atoms with Gasteiger partial charge in [0.05, 0.1) is 18.4 Å². The van der Waals surface area contributed by atoms with E-state index in [0.29, 0.717) is 5.02 Å². The van der Waals surface area contributed by atoms with E-state index in [4.69, 9.17) is 16.3 Å². The number of nitrogens with zero attached hydrogens (tertiary/aromatic N) is 1. The quantitative estimate of drug-likeness (QED) is 0.923. The summed E-state index contributed by atoms with van der Waals surface area (Å²) in [7, 11) is 1.66.